The summed E-state index contributed by atoms with van der Waals surface area (Å²) < 4.78 is 14.2. The van der Waals surface area contributed by atoms with E-state index in [4.69, 9.17) is 0 Å². The number of halogens is 1. The lowest BCUT2D eigenvalue weighted by Crippen LogP contribution is -2.43. The third-order valence-corrected chi connectivity index (χ3v) is 4.91. The Morgan fingerprint density at radius 1 is 1.23 bits per heavy atom. The van der Waals surface area contributed by atoms with Crippen LogP contribution in [0.2, 0.25) is 0 Å². The number of hydrogen-bond acceptors (Lipinski definition) is 3. The highest BCUT2D eigenvalue weighted by atomic mass is 19.1. The largest absolute Gasteiger partial charge is 0.341 e. The average Bonchev–Trinajstić information content (AvgIpc) is 2.64. The van der Waals surface area contributed by atoms with Crippen LogP contribution in [-0.2, 0) is 17.8 Å². The van der Waals surface area contributed by atoms with Gasteiger partial charge in [-0.3, -0.25) is 9.59 Å². The van der Waals surface area contributed by atoms with Gasteiger partial charge >= 0.3 is 0 Å². The zero-order chi connectivity index (χ0) is 18.5. The maximum Gasteiger partial charge on any atom is 0.267 e. The van der Waals surface area contributed by atoms with Crippen molar-refractivity contribution in [2.45, 2.75) is 39.2 Å². The maximum atomic E-state index is 13.0. The predicted octanol–water partition coefficient (Wildman–Crippen LogP) is 2.56. The molecule has 1 atom stereocenters. The fraction of sp³-hybridized carbons (Fsp3) is 0.450. The van der Waals surface area contributed by atoms with Crippen LogP contribution in [0, 0.1) is 18.7 Å². The van der Waals surface area contributed by atoms with Crippen molar-refractivity contribution in [1.82, 2.24) is 14.7 Å². The summed E-state index contributed by atoms with van der Waals surface area (Å²) in [5.41, 5.74) is 1.58. The maximum absolute atomic E-state index is 13.0. The van der Waals surface area contributed by atoms with Crippen LogP contribution in [0.5, 0.6) is 0 Å². The predicted molar refractivity (Wildman–Crippen MR) is 97.3 cm³/mol. The molecule has 1 aromatic carbocycles. The summed E-state index contributed by atoms with van der Waals surface area (Å²) in [6, 6.07) is 9.69. The molecule has 138 valence electrons. The molecule has 2 heterocycles. The van der Waals surface area contributed by atoms with Crippen molar-refractivity contribution in [2.24, 2.45) is 5.92 Å². The molecule has 1 amide bonds. The van der Waals surface area contributed by atoms with Crippen molar-refractivity contribution in [2.75, 3.05) is 13.1 Å². The van der Waals surface area contributed by atoms with E-state index < -0.39 is 0 Å². The van der Waals surface area contributed by atoms with Gasteiger partial charge in [0, 0.05) is 19.2 Å². The molecule has 0 spiro atoms. The molecule has 1 unspecified atom stereocenters. The van der Waals surface area contributed by atoms with Gasteiger partial charge in [-0.25, -0.2) is 9.07 Å². The first kappa shape index (κ1) is 18.3. The number of likely N-dealkylation sites (tertiary alicyclic amines) is 1. The minimum atomic E-state index is -0.256. The summed E-state index contributed by atoms with van der Waals surface area (Å²) in [6.45, 7) is 3.23. The smallest absolute Gasteiger partial charge is 0.267 e. The van der Waals surface area contributed by atoms with Crippen molar-refractivity contribution in [3.8, 4) is 0 Å². The molecule has 26 heavy (non-hydrogen) atoms. The van der Waals surface area contributed by atoms with Crippen LogP contribution in [-0.4, -0.2) is 33.7 Å². The summed E-state index contributed by atoms with van der Waals surface area (Å²) in [5, 5.41) is 4.14. The summed E-state index contributed by atoms with van der Waals surface area (Å²) in [6.07, 6.45) is 3.91. The van der Waals surface area contributed by atoms with E-state index in [0.29, 0.717) is 18.2 Å². The monoisotopic (exact) mass is 357 g/mol. The molecule has 6 heteroatoms. The Hall–Kier alpha value is -2.50. The molecule has 1 aliphatic rings. The molecular weight excluding hydrogens is 333 g/mol. The topological polar surface area (TPSA) is 55.2 Å². The average molecular weight is 357 g/mol. The Balaban J connectivity index is 1.55. The summed E-state index contributed by atoms with van der Waals surface area (Å²) in [5.74, 6) is 0.153. The van der Waals surface area contributed by atoms with Crippen molar-refractivity contribution in [3.05, 3.63) is 63.8 Å². The number of carbonyl (C=O) groups is 1. The minimum Gasteiger partial charge on any atom is -0.341 e. The van der Waals surface area contributed by atoms with E-state index in [2.05, 4.69) is 5.10 Å². The number of rotatable bonds is 5. The van der Waals surface area contributed by atoms with Gasteiger partial charge in [-0.1, -0.05) is 12.1 Å². The Labute approximate surface area is 152 Å². The lowest BCUT2D eigenvalue weighted by atomic mass is 9.91. The van der Waals surface area contributed by atoms with Crippen LogP contribution in [0.15, 0.2) is 41.2 Å². The summed E-state index contributed by atoms with van der Waals surface area (Å²) in [7, 11) is 0. The molecule has 1 saturated heterocycles. The van der Waals surface area contributed by atoms with Gasteiger partial charge in [0.05, 0.1) is 5.69 Å². The number of carbonyl (C=O) groups excluding carboxylic acids is 1. The van der Waals surface area contributed by atoms with Crippen LogP contribution in [0.4, 0.5) is 4.39 Å². The zero-order valence-electron chi connectivity index (χ0n) is 15.0. The van der Waals surface area contributed by atoms with E-state index in [1.165, 1.54) is 22.9 Å². The number of piperidine rings is 1. The highest BCUT2D eigenvalue weighted by Gasteiger charge is 2.24. The van der Waals surface area contributed by atoms with Gasteiger partial charge in [0.1, 0.15) is 12.4 Å². The van der Waals surface area contributed by atoms with E-state index in [1.54, 1.807) is 13.0 Å². The molecule has 1 aliphatic heterocycles. The fourth-order valence-corrected chi connectivity index (χ4v) is 3.44. The van der Waals surface area contributed by atoms with Gasteiger partial charge in [0.25, 0.3) is 5.56 Å². The van der Waals surface area contributed by atoms with Gasteiger partial charge in [0.2, 0.25) is 5.91 Å². The SMILES string of the molecule is Cc1ccc(=O)n(CC(=O)N2CCCC(CCc3ccc(F)cc3)C2)n1. The first-order valence-electron chi connectivity index (χ1n) is 9.08. The lowest BCUT2D eigenvalue weighted by Gasteiger charge is -2.33. The molecule has 5 nitrogen and oxygen atoms in total. The fourth-order valence-electron chi connectivity index (χ4n) is 3.44. The minimum absolute atomic E-state index is 0.00873. The van der Waals surface area contributed by atoms with E-state index in [1.807, 2.05) is 17.0 Å². The van der Waals surface area contributed by atoms with Crippen LogP contribution in [0.25, 0.3) is 0 Å². The second kappa shape index (κ2) is 8.25. The first-order valence-corrected chi connectivity index (χ1v) is 9.08. The van der Waals surface area contributed by atoms with Crippen LogP contribution in [0.3, 0.4) is 0 Å². The molecule has 3 rings (SSSR count). The molecule has 0 saturated carbocycles. The second-order valence-electron chi connectivity index (χ2n) is 6.98. The van der Waals surface area contributed by atoms with E-state index >= 15 is 0 Å². The van der Waals surface area contributed by atoms with Crippen molar-refractivity contribution in [1.29, 1.82) is 0 Å². The van der Waals surface area contributed by atoms with Gasteiger partial charge in [-0.15, -0.1) is 0 Å². The molecule has 1 fully saturated rings. The van der Waals surface area contributed by atoms with E-state index in [0.717, 1.165) is 37.8 Å². The van der Waals surface area contributed by atoms with Crippen LogP contribution >= 0.6 is 0 Å². The Morgan fingerprint density at radius 2 is 2.00 bits per heavy atom. The highest BCUT2D eigenvalue weighted by molar-refractivity contribution is 5.76. The molecule has 1 aromatic heterocycles. The van der Waals surface area contributed by atoms with Crippen LogP contribution in [0.1, 0.15) is 30.5 Å². The van der Waals surface area contributed by atoms with Gasteiger partial charge in [-0.05, 0) is 62.3 Å². The second-order valence-corrected chi connectivity index (χ2v) is 6.98. The van der Waals surface area contributed by atoms with E-state index in [9.17, 15) is 14.0 Å². The number of benzene rings is 1. The van der Waals surface area contributed by atoms with Gasteiger partial charge < -0.3 is 4.90 Å². The van der Waals surface area contributed by atoms with Crippen molar-refractivity contribution >= 4 is 5.91 Å². The van der Waals surface area contributed by atoms with Gasteiger partial charge in [-0.2, -0.15) is 5.10 Å². The molecule has 0 N–H and O–H groups in total. The Kier molecular flexibility index (Phi) is 5.81. The normalized spacial score (nSPS) is 17.3. The number of nitrogens with zero attached hydrogens (tertiary/aromatic N) is 3. The zero-order valence-corrected chi connectivity index (χ0v) is 15.0. The van der Waals surface area contributed by atoms with Crippen molar-refractivity contribution < 1.29 is 9.18 Å². The highest BCUT2D eigenvalue weighted by Crippen LogP contribution is 2.22. The van der Waals surface area contributed by atoms with Gasteiger partial charge in [0.15, 0.2) is 0 Å². The standard InChI is InChI=1S/C20H24FN3O2/c1-15-4-11-19(25)24(22-15)14-20(26)23-12-2-3-17(13-23)6-5-16-7-9-18(21)10-8-16/h4,7-11,17H,2-3,5-6,12-14H2,1H3. The lowest BCUT2D eigenvalue weighted by molar-refractivity contribution is -0.134. The summed E-state index contributed by atoms with van der Waals surface area (Å²) in [4.78, 5) is 26.3. The Morgan fingerprint density at radius 3 is 2.77 bits per heavy atom. The Bertz CT molecular complexity index is 817. The van der Waals surface area contributed by atoms with E-state index in [-0.39, 0.29) is 23.8 Å². The van der Waals surface area contributed by atoms with Crippen molar-refractivity contribution in [3.63, 3.8) is 0 Å². The molecule has 0 radical (unpaired) electrons. The van der Waals surface area contributed by atoms with Crippen LogP contribution < -0.4 is 5.56 Å². The number of hydrogen-bond donors (Lipinski definition) is 0. The number of aromatic nitrogens is 2. The molecule has 0 bridgehead atoms. The number of amides is 1. The number of aryl methyl sites for hydroxylation is 2. The summed E-state index contributed by atoms with van der Waals surface area (Å²) >= 11 is 0. The third-order valence-electron chi connectivity index (χ3n) is 4.91. The molecular formula is C20H24FN3O2. The molecule has 2 aromatic rings. The molecule has 0 aliphatic carbocycles. The third kappa shape index (κ3) is 4.77. The quantitative estimate of drug-likeness (QED) is 0.826. The first-order chi connectivity index (χ1) is 12.5.